The molecule has 0 radical (unpaired) electrons. The number of hydrogen-bond donors (Lipinski definition) is 0. The Morgan fingerprint density at radius 3 is 2.45 bits per heavy atom. The Hall–Kier alpha value is -1.02. The maximum absolute atomic E-state index is 6.04. The summed E-state index contributed by atoms with van der Waals surface area (Å²) in [5, 5.41) is 0. The highest BCUT2D eigenvalue weighted by Gasteiger charge is 2.25. The summed E-state index contributed by atoms with van der Waals surface area (Å²) in [6.07, 6.45) is 5.32. The van der Waals surface area contributed by atoms with Crippen LogP contribution in [-0.2, 0) is 5.41 Å². The van der Waals surface area contributed by atoms with Crippen molar-refractivity contribution < 1.29 is 4.74 Å². The third-order valence-electron chi connectivity index (χ3n) is 4.92. The van der Waals surface area contributed by atoms with E-state index in [-0.39, 0.29) is 5.41 Å². The number of nitrogens with zero attached hydrogens (tertiary/aromatic N) is 1. The molecule has 1 saturated heterocycles. The molecular weight excluding hydrogens is 270 g/mol. The number of hydrogen-bond acceptors (Lipinski definition) is 2. The number of likely N-dealkylation sites (tertiary alicyclic amines) is 1. The van der Waals surface area contributed by atoms with E-state index in [9.17, 15) is 0 Å². The molecule has 0 saturated carbocycles. The zero-order valence-corrected chi connectivity index (χ0v) is 15.1. The lowest BCUT2D eigenvalue weighted by Crippen LogP contribution is -2.47. The van der Waals surface area contributed by atoms with Crippen LogP contribution in [-0.4, -0.2) is 30.1 Å². The molecule has 1 aliphatic rings. The van der Waals surface area contributed by atoms with E-state index < -0.39 is 0 Å². The van der Waals surface area contributed by atoms with Crippen LogP contribution in [0, 0.1) is 0 Å². The maximum atomic E-state index is 6.04. The standard InChI is InChI=1S/C20H33NO/c1-6-18-9-7-8-14-21(18)16(2)15-22-19-12-10-17(11-13-19)20(3,4)5/h10-13,16,18H,6-9,14-15H2,1-5H3. The van der Waals surface area contributed by atoms with Gasteiger partial charge in [-0.3, -0.25) is 4.90 Å². The molecule has 2 unspecified atom stereocenters. The summed E-state index contributed by atoms with van der Waals surface area (Å²) >= 11 is 0. The van der Waals surface area contributed by atoms with Gasteiger partial charge in [-0.15, -0.1) is 0 Å². The topological polar surface area (TPSA) is 12.5 Å². The molecule has 1 aromatic carbocycles. The van der Waals surface area contributed by atoms with Crippen LogP contribution in [0.3, 0.4) is 0 Å². The SMILES string of the molecule is CCC1CCCCN1C(C)COc1ccc(C(C)(C)C)cc1. The van der Waals surface area contributed by atoms with Crippen molar-refractivity contribution in [3.8, 4) is 5.75 Å². The Morgan fingerprint density at radius 1 is 1.18 bits per heavy atom. The quantitative estimate of drug-likeness (QED) is 0.757. The molecular formula is C20H33NO. The van der Waals surface area contributed by atoms with Crippen LogP contribution >= 0.6 is 0 Å². The smallest absolute Gasteiger partial charge is 0.119 e. The highest BCUT2D eigenvalue weighted by Crippen LogP contribution is 2.25. The predicted octanol–water partition coefficient (Wildman–Crippen LogP) is 5.02. The van der Waals surface area contributed by atoms with Gasteiger partial charge in [-0.2, -0.15) is 0 Å². The summed E-state index contributed by atoms with van der Waals surface area (Å²) in [5.41, 5.74) is 1.56. The first kappa shape index (κ1) is 17.3. The Balaban J connectivity index is 1.89. The van der Waals surface area contributed by atoms with Gasteiger partial charge in [-0.05, 0) is 55.8 Å². The predicted molar refractivity (Wildman–Crippen MR) is 94.7 cm³/mol. The molecule has 2 nitrogen and oxygen atoms in total. The molecule has 0 bridgehead atoms. The van der Waals surface area contributed by atoms with Gasteiger partial charge in [0.05, 0.1) is 0 Å². The van der Waals surface area contributed by atoms with Gasteiger partial charge in [0.25, 0.3) is 0 Å². The Morgan fingerprint density at radius 2 is 1.86 bits per heavy atom. The van der Waals surface area contributed by atoms with E-state index in [1.54, 1.807) is 0 Å². The summed E-state index contributed by atoms with van der Waals surface area (Å²) in [5.74, 6) is 0.991. The molecule has 1 aromatic rings. The van der Waals surface area contributed by atoms with E-state index in [0.717, 1.165) is 18.4 Å². The van der Waals surface area contributed by atoms with Gasteiger partial charge in [0.2, 0.25) is 0 Å². The molecule has 2 heteroatoms. The average molecular weight is 303 g/mol. The Kier molecular flexibility index (Phi) is 5.91. The lowest BCUT2D eigenvalue weighted by atomic mass is 9.87. The van der Waals surface area contributed by atoms with E-state index in [1.807, 2.05) is 0 Å². The molecule has 22 heavy (non-hydrogen) atoms. The summed E-state index contributed by atoms with van der Waals surface area (Å²) in [6, 6.07) is 9.84. The van der Waals surface area contributed by atoms with E-state index >= 15 is 0 Å². The van der Waals surface area contributed by atoms with E-state index in [0.29, 0.717) is 6.04 Å². The monoisotopic (exact) mass is 303 g/mol. The number of rotatable bonds is 5. The third-order valence-corrected chi connectivity index (χ3v) is 4.92. The van der Waals surface area contributed by atoms with Crippen LogP contribution in [0.1, 0.15) is 65.9 Å². The number of ether oxygens (including phenoxy) is 1. The van der Waals surface area contributed by atoms with Gasteiger partial charge in [-0.25, -0.2) is 0 Å². The fraction of sp³-hybridized carbons (Fsp3) is 0.700. The minimum atomic E-state index is 0.202. The van der Waals surface area contributed by atoms with Gasteiger partial charge in [-0.1, -0.05) is 46.2 Å². The summed E-state index contributed by atoms with van der Waals surface area (Å²) in [7, 11) is 0. The van der Waals surface area contributed by atoms with Crippen molar-refractivity contribution in [1.29, 1.82) is 0 Å². The first-order valence-corrected chi connectivity index (χ1v) is 8.91. The van der Waals surface area contributed by atoms with Crippen LogP contribution in [0.15, 0.2) is 24.3 Å². The molecule has 0 aromatic heterocycles. The Labute approximate surface area is 136 Å². The molecule has 0 spiro atoms. The average Bonchev–Trinajstić information content (AvgIpc) is 2.52. The Bertz CT molecular complexity index is 446. The molecule has 0 N–H and O–H groups in total. The van der Waals surface area contributed by atoms with Crippen LogP contribution in [0.5, 0.6) is 5.75 Å². The number of piperidine rings is 1. The maximum Gasteiger partial charge on any atom is 0.119 e. The second-order valence-corrected chi connectivity index (χ2v) is 7.73. The zero-order valence-electron chi connectivity index (χ0n) is 15.1. The zero-order chi connectivity index (χ0) is 16.2. The molecule has 2 atom stereocenters. The molecule has 1 heterocycles. The van der Waals surface area contributed by atoms with Crippen LogP contribution in [0.25, 0.3) is 0 Å². The molecule has 1 fully saturated rings. The van der Waals surface area contributed by atoms with Crippen molar-refractivity contribution in [1.82, 2.24) is 4.90 Å². The first-order chi connectivity index (χ1) is 10.4. The van der Waals surface area contributed by atoms with Crippen molar-refractivity contribution in [3.63, 3.8) is 0 Å². The van der Waals surface area contributed by atoms with E-state index in [2.05, 4.69) is 63.8 Å². The first-order valence-electron chi connectivity index (χ1n) is 8.91. The minimum absolute atomic E-state index is 0.202. The van der Waals surface area contributed by atoms with Gasteiger partial charge < -0.3 is 4.74 Å². The molecule has 0 amide bonds. The highest BCUT2D eigenvalue weighted by atomic mass is 16.5. The summed E-state index contributed by atoms with van der Waals surface area (Å²) in [4.78, 5) is 2.65. The minimum Gasteiger partial charge on any atom is -0.492 e. The fourth-order valence-electron chi connectivity index (χ4n) is 3.41. The molecule has 2 rings (SSSR count). The van der Waals surface area contributed by atoms with Gasteiger partial charge in [0, 0.05) is 12.1 Å². The molecule has 1 aliphatic heterocycles. The molecule has 124 valence electrons. The lowest BCUT2D eigenvalue weighted by Gasteiger charge is -2.39. The lowest BCUT2D eigenvalue weighted by molar-refractivity contribution is 0.0710. The summed E-state index contributed by atoms with van der Waals surface area (Å²) < 4.78 is 6.04. The van der Waals surface area contributed by atoms with Crippen molar-refractivity contribution >= 4 is 0 Å². The van der Waals surface area contributed by atoms with E-state index in [4.69, 9.17) is 4.74 Å². The second-order valence-electron chi connectivity index (χ2n) is 7.73. The van der Waals surface area contributed by atoms with Crippen molar-refractivity contribution in [2.24, 2.45) is 0 Å². The second kappa shape index (κ2) is 7.50. The molecule has 0 aliphatic carbocycles. The van der Waals surface area contributed by atoms with Crippen LogP contribution < -0.4 is 4.74 Å². The largest absolute Gasteiger partial charge is 0.492 e. The summed E-state index contributed by atoms with van der Waals surface area (Å²) in [6.45, 7) is 13.3. The fourth-order valence-corrected chi connectivity index (χ4v) is 3.41. The van der Waals surface area contributed by atoms with Crippen LogP contribution in [0.4, 0.5) is 0 Å². The van der Waals surface area contributed by atoms with Crippen molar-refractivity contribution in [3.05, 3.63) is 29.8 Å². The van der Waals surface area contributed by atoms with E-state index in [1.165, 1.54) is 37.8 Å². The third kappa shape index (κ3) is 4.49. The van der Waals surface area contributed by atoms with Gasteiger partial charge in [0.15, 0.2) is 0 Å². The van der Waals surface area contributed by atoms with Gasteiger partial charge in [0.1, 0.15) is 12.4 Å². The van der Waals surface area contributed by atoms with Gasteiger partial charge >= 0.3 is 0 Å². The van der Waals surface area contributed by atoms with Crippen LogP contribution in [0.2, 0.25) is 0 Å². The highest BCUT2D eigenvalue weighted by molar-refractivity contribution is 5.31. The normalized spacial score (nSPS) is 21.6. The van der Waals surface area contributed by atoms with Crippen molar-refractivity contribution in [2.45, 2.75) is 77.8 Å². The number of benzene rings is 1. The van der Waals surface area contributed by atoms with Crippen molar-refractivity contribution in [2.75, 3.05) is 13.2 Å².